The Kier molecular flexibility index (Phi) is 5.58. The third-order valence-corrected chi connectivity index (χ3v) is 3.03. The number of carboxylic acid groups (broad SMARTS) is 1. The molecule has 0 saturated heterocycles. The number of Topliss-reactive ketones (excluding diaryl/α,β-unsaturated/α-hetero) is 2. The average Bonchev–Trinajstić information content (AvgIpc) is 2.43. The Morgan fingerprint density at radius 3 is 2.15 bits per heavy atom. The molecule has 1 aromatic carbocycles. The Hall–Kier alpha value is -2.01. The van der Waals surface area contributed by atoms with Gasteiger partial charge in [0.2, 0.25) is 11.6 Å². The quantitative estimate of drug-likeness (QED) is 0.580. The average molecular weight is 277 g/mol. The van der Waals surface area contributed by atoms with Gasteiger partial charge in [-0.3, -0.25) is 14.4 Å². The maximum Gasteiger partial charge on any atom is 0.320 e. The highest BCUT2D eigenvalue weighted by Crippen LogP contribution is 2.10. The summed E-state index contributed by atoms with van der Waals surface area (Å²) in [6.07, 6.45) is 0.841. The van der Waals surface area contributed by atoms with Crippen LogP contribution >= 0.6 is 0 Å². The monoisotopic (exact) mass is 277 g/mol. The number of aryl methyl sites for hydroxylation is 1. The topological polar surface area (TPSA) is 97.5 Å². The van der Waals surface area contributed by atoms with Crippen LogP contribution < -0.4 is 5.73 Å². The van der Waals surface area contributed by atoms with Crippen LogP contribution in [-0.4, -0.2) is 28.7 Å². The SMILES string of the molecule is CC(C)C(=O)C(=O)c1ccc(CCC(N)C(=O)O)cc1. The summed E-state index contributed by atoms with van der Waals surface area (Å²) >= 11 is 0. The van der Waals surface area contributed by atoms with E-state index in [1.165, 1.54) is 0 Å². The lowest BCUT2D eigenvalue weighted by atomic mass is 9.97. The third kappa shape index (κ3) is 4.28. The Labute approximate surface area is 117 Å². The number of carbonyl (C=O) groups excluding carboxylic acids is 2. The Bertz CT molecular complexity index is 505. The van der Waals surface area contributed by atoms with Crippen molar-refractivity contribution in [2.75, 3.05) is 0 Å². The normalized spacial score (nSPS) is 12.2. The number of carbonyl (C=O) groups is 3. The molecule has 0 aliphatic heterocycles. The molecule has 0 radical (unpaired) electrons. The van der Waals surface area contributed by atoms with Crippen LogP contribution in [0.3, 0.4) is 0 Å². The number of hydrogen-bond acceptors (Lipinski definition) is 4. The second kappa shape index (κ2) is 6.96. The van der Waals surface area contributed by atoms with E-state index in [4.69, 9.17) is 10.8 Å². The van der Waals surface area contributed by atoms with Crippen LogP contribution in [0, 0.1) is 5.92 Å². The lowest BCUT2D eigenvalue weighted by molar-refractivity contribution is -0.138. The highest BCUT2D eigenvalue weighted by Gasteiger charge is 2.19. The summed E-state index contributed by atoms with van der Waals surface area (Å²) in [7, 11) is 0. The molecule has 0 fully saturated rings. The number of ketones is 2. The minimum Gasteiger partial charge on any atom is -0.480 e. The maximum absolute atomic E-state index is 11.8. The summed E-state index contributed by atoms with van der Waals surface area (Å²) in [6.45, 7) is 3.36. The first kappa shape index (κ1) is 16.0. The van der Waals surface area contributed by atoms with Crippen molar-refractivity contribution in [3.05, 3.63) is 35.4 Å². The van der Waals surface area contributed by atoms with Crippen LogP contribution in [-0.2, 0) is 16.0 Å². The first-order chi connectivity index (χ1) is 9.32. The molecule has 0 aromatic heterocycles. The van der Waals surface area contributed by atoms with Gasteiger partial charge in [-0.15, -0.1) is 0 Å². The fourth-order valence-corrected chi connectivity index (χ4v) is 1.67. The number of benzene rings is 1. The van der Waals surface area contributed by atoms with Crippen molar-refractivity contribution < 1.29 is 19.5 Å². The minimum absolute atomic E-state index is 0.323. The van der Waals surface area contributed by atoms with E-state index in [0.29, 0.717) is 18.4 Å². The van der Waals surface area contributed by atoms with Crippen molar-refractivity contribution in [3.8, 4) is 0 Å². The zero-order valence-corrected chi connectivity index (χ0v) is 11.6. The molecule has 5 heteroatoms. The van der Waals surface area contributed by atoms with Gasteiger partial charge in [0.1, 0.15) is 6.04 Å². The maximum atomic E-state index is 11.8. The van der Waals surface area contributed by atoms with Gasteiger partial charge in [0.15, 0.2) is 0 Å². The molecule has 3 N–H and O–H groups in total. The number of nitrogens with two attached hydrogens (primary N) is 1. The molecule has 0 amide bonds. The zero-order chi connectivity index (χ0) is 15.3. The van der Waals surface area contributed by atoms with Crippen molar-refractivity contribution >= 4 is 17.5 Å². The van der Waals surface area contributed by atoms with E-state index < -0.39 is 23.6 Å². The molecule has 1 rings (SSSR count). The fourth-order valence-electron chi connectivity index (χ4n) is 1.67. The third-order valence-electron chi connectivity index (χ3n) is 3.03. The second-order valence-electron chi connectivity index (χ2n) is 5.03. The molecule has 1 atom stereocenters. The van der Waals surface area contributed by atoms with Gasteiger partial charge in [-0.1, -0.05) is 38.1 Å². The van der Waals surface area contributed by atoms with E-state index in [1.54, 1.807) is 38.1 Å². The lowest BCUT2D eigenvalue weighted by Gasteiger charge is -2.07. The zero-order valence-electron chi connectivity index (χ0n) is 11.6. The highest BCUT2D eigenvalue weighted by molar-refractivity contribution is 6.44. The predicted octanol–water partition coefficient (Wildman–Crippen LogP) is 1.44. The summed E-state index contributed by atoms with van der Waals surface area (Å²) in [4.78, 5) is 34.0. The van der Waals surface area contributed by atoms with Gasteiger partial charge in [-0.2, -0.15) is 0 Å². The summed E-state index contributed by atoms with van der Waals surface area (Å²) in [5.74, 6) is -2.26. The first-order valence-corrected chi connectivity index (χ1v) is 6.48. The number of aliphatic carboxylic acids is 1. The highest BCUT2D eigenvalue weighted by atomic mass is 16.4. The lowest BCUT2D eigenvalue weighted by Crippen LogP contribution is -2.30. The van der Waals surface area contributed by atoms with Gasteiger partial charge in [0.05, 0.1) is 0 Å². The molecular formula is C15H19NO4. The van der Waals surface area contributed by atoms with E-state index in [0.717, 1.165) is 5.56 Å². The summed E-state index contributed by atoms with van der Waals surface area (Å²) < 4.78 is 0. The van der Waals surface area contributed by atoms with E-state index >= 15 is 0 Å². The van der Waals surface area contributed by atoms with Crippen molar-refractivity contribution in [2.45, 2.75) is 32.7 Å². The van der Waals surface area contributed by atoms with Gasteiger partial charge in [0, 0.05) is 11.5 Å². The summed E-state index contributed by atoms with van der Waals surface area (Å²) in [5.41, 5.74) is 6.66. The minimum atomic E-state index is -1.03. The van der Waals surface area contributed by atoms with Gasteiger partial charge in [-0.25, -0.2) is 0 Å². The first-order valence-electron chi connectivity index (χ1n) is 6.48. The van der Waals surface area contributed by atoms with Crippen molar-refractivity contribution in [1.29, 1.82) is 0 Å². The smallest absolute Gasteiger partial charge is 0.320 e. The molecule has 0 aliphatic carbocycles. The van der Waals surface area contributed by atoms with Crippen molar-refractivity contribution in [2.24, 2.45) is 11.7 Å². The predicted molar refractivity (Wildman–Crippen MR) is 74.5 cm³/mol. The molecule has 20 heavy (non-hydrogen) atoms. The van der Waals surface area contributed by atoms with Crippen molar-refractivity contribution in [3.63, 3.8) is 0 Å². The summed E-state index contributed by atoms with van der Waals surface area (Å²) in [5, 5.41) is 8.68. The molecular weight excluding hydrogens is 258 g/mol. The van der Waals surface area contributed by atoms with E-state index in [2.05, 4.69) is 0 Å². The number of rotatable bonds is 7. The molecule has 0 aliphatic rings. The Morgan fingerprint density at radius 2 is 1.70 bits per heavy atom. The molecule has 1 aromatic rings. The second-order valence-corrected chi connectivity index (χ2v) is 5.03. The number of hydrogen-bond donors (Lipinski definition) is 2. The van der Waals surface area contributed by atoms with E-state index in [1.807, 2.05) is 0 Å². The van der Waals surface area contributed by atoms with Crippen LogP contribution in [0.2, 0.25) is 0 Å². The molecule has 0 spiro atoms. The van der Waals surface area contributed by atoms with E-state index in [9.17, 15) is 14.4 Å². The Balaban J connectivity index is 2.67. The molecule has 0 bridgehead atoms. The van der Waals surface area contributed by atoms with Gasteiger partial charge in [0.25, 0.3) is 0 Å². The summed E-state index contributed by atoms with van der Waals surface area (Å²) in [6, 6.07) is 5.72. The van der Waals surface area contributed by atoms with Crippen LogP contribution in [0.1, 0.15) is 36.2 Å². The number of carboxylic acids is 1. The van der Waals surface area contributed by atoms with Crippen molar-refractivity contribution in [1.82, 2.24) is 0 Å². The van der Waals surface area contributed by atoms with Crippen LogP contribution in [0.15, 0.2) is 24.3 Å². The molecule has 108 valence electrons. The standard InChI is InChI=1S/C15H19NO4/c1-9(2)13(17)14(18)11-6-3-10(4-7-11)5-8-12(16)15(19)20/h3-4,6-7,9,12H,5,8,16H2,1-2H3,(H,19,20). The largest absolute Gasteiger partial charge is 0.480 e. The van der Waals surface area contributed by atoms with Gasteiger partial charge in [-0.05, 0) is 18.4 Å². The van der Waals surface area contributed by atoms with Crippen LogP contribution in [0.5, 0.6) is 0 Å². The fraction of sp³-hybridized carbons (Fsp3) is 0.400. The molecule has 1 unspecified atom stereocenters. The van der Waals surface area contributed by atoms with Crippen LogP contribution in [0.25, 0.3) is 0 Å². The Morgan fingerprint density at radius 1 is 1.15 bits per heavy atom. The van der Waals surface area contributed by atoms with Gasteiger partial charge >= 0.3 is 5.97 Å². The molecule has 0 heterocycles. The van der Waals surface area contributed by atoms with Crippen LogP contribution in [0.4, 0.5) is 0 Å². The molecule has 5 nitrogen and oxygen atoms in total. The van der Waals surface area contributed by atoms with E-state index in [-0.39, 0.29) is 5.92 Å². The molecule has 0 saturated carbocycles. The van der Waals surface area contributed by atoms with Gasteiger partial charge < -0.3 is 10.8 Å².